The van der Waals surface area contributed by atoms with Crippen molar-refractivity contribution in [3.8, 4) is 0 Å². The molecule has 0 amide bonds. The van der Waals surface area contributed by atoms with Crippen LogP contribution in [0, 0.1) is 6.92 Å². The third-order valence-corrected chi connectivity index (χ3v) is 4.14. The lowest BCUT2D eigenvalue weighted by atomic mass is 9.96. The second-order valence-electron chi connectivity index (χ2n) is 6.02. The summed E-state index contributed by atoms with van der Waals surface area (Å²) in [6.07, 6.45) is 6.43. The summed E-state index contributed by atoms with van der Waals surface area (Å²) in [5.74, 6) is 1.01. The molecular formula is C17H27N3. The van der Waals surface area contributed by atoms with E-state index in [1.54, 1.807) is 0 Å². The lowest BCUT2D eigenvalue weighted by molar-refractivity contribution is 0.412. The van der Waals surface area contributed by atoms with Crippen LogP contribution >= 0.6 is 0 Å². The van der Waals surface area contributed by atoms with E-state index in [9.17, 15) is 0 Å². The molecule has 110 valence electrons. The minimum absolute atomic E-state index is 0.405. The molecule has 1 atom stereocenters. The van der Waals surface area contributed by atoms with Gasteiger partial charge in [-0.25, -0.2) is 0 Å². The summed E-state index contributed by atoms with van der Waals surface area (Å²) < 4.78 is 0. The van der Waals surface area contributed by atoms with E-state index in [0.717, 1.165) is 6.54 Å². The van der Waals surface area contributed by atoms with E-state index in [1.807, 2.05) is 0 Å². The van der Waals surface area contributed by atoms with E-state index in [0.29, 0.717) is 17.9 Å². The van der Waals surface area contributed by atoms with Crippen molar-refractivity contribution in [2.45, 2.75) is 57.9 Å². The van der Waals surface area contributed by atoms with Crippen molar-refractivity contribution in [2.24, 2.45) is 10.7 Å². The predicted octanol–water partition coefficient (Wildman–Crippen LogP) is 3.34. The van der Waals surface area contributed by atoms with Crippen LogP contribution in [0.4, 0.5) is 0 Å². The molecule has 1 aliphatic rings. The van der Waals surface area contributed by atoms with Gasteiger partial charge in [-0.05, 0) is 25.3 Å². The van der Waals surface area contributed by atoms with E-state index in [4.69, 9.17) is 5.73 Å². The van der Waals surface area contributed by atoms with Crippen LogP contribution in [0.2, 0.25) is 0 Å². The third-order valence-electron chi connectivity index (χ3n) is 4.14. The monoisotopic (exact) mass is 273 g/mol. The quantitative estimate of drug-likeness (QED) is 0.653. The number of hydrogen-bond donors (Lipinski definition) is 2. The Morgan fingerprint density at radius 1 is 1.25 bits per heavy atom. The molecule has 3 nitrogen and oxygen atoms in total. The van der Waals surface area contributed by atoms with Gasteiger partial charge in [0.25, 0.3) is 0 Å². The fraction of sp³-hybridized carbons (Fsp3) is 0.588. The number of aryl methyl sites for hydroxylation is 1. The highest BCUT2D eigenvalue weighted by molar-refractivity contribution is 5.78. The van der Waals surface area contributed by atoms with Crippen molar-refractivity contribution in [1.82, 2.24) is 5.32 Å². The van der Waals surface area contributed by atoms with E-state index >= 15 is 0 Å². The fourth-order valence-corrected chi connectivity index (χ4v) is 2.74. The maximum atomic E-state index is 5.99. The van der Waals surface area contributed by atoms with Gasteiger partial charge in [0.05, 0.1) is 0 Å². The second-order valence-corrected chi connectivity index (χ2v) is 6.02. The molecule has 1 aliphatic carbocycles. The minimum Gasteiger partial charge on any atom is -0.370 e. The van der Waals surface area contributed by atoms with Crippen LogP contribution in [-0.4, -0.2) is 18.5 Å². The molecule has 1 saturated carbocycles. The molecule has 3 heteroatoms. The molecule has 0 saturated heterocycles. The first-order chi connectivity index (χ1) is 9.65. The molecule has 1 aromatic carbocycles. The molecular weight excluding hydrogens is 246 g/mol. The van der Waals surface area contributed by atoms with Gasteiger partial charge in [-0.15, -0.1) is 0 Å². The van der Waals surface area contributed by atoms with Crippen molar-refractivity contribution in [3.63, 3.8) is 0 Å². The van der Waals surface area contributed by atoms with Crippen LogP contribution in [0.15, 0.2) is 29.3 Å². The Balaban J connectivity index is 1.82. The molecule has 3 N–H and O–H groups in total. The van der Waals surface area contributed by atoms with Gasteiger partial charge in [-0.1, -0.05) is 56.0 Å². The van der Waals surface area contributed by atoms with Crippen molar-refractivity contribution >= 4 is 5.96 Å². The standard InChI is InChI=1S/C17H27N3/c1-13-8-10-15(11-9-13)14(2)12-19-17(18)20-16-6-4-3-5-7-16/h8-11,14,16H,3-7,12H2,1-2H3,(H3,18,19,20). The van der Waals surface area contributed by atoms with Gasteiger partial charge in [0.15, 0.2) is 5.96 Å². The summed E-state index contributed by atoms with van der Waals surface area (Å²) >= 11 is 0. The van der Waals surface area contributed by atoms with Gasteiger partial charge in [0, 0.05) is 18.5 Å². The Bertz CT molecular complexity index is 430. The Labute approximate surface area is 122 Å². The van der Waals surface area contributed by atoms with Crippen molar-refractivity contribution < 1.29 is 0 Å². The molecule has 1 aromatic rings. The fourth-order valence-electron chi connectivity index (χ4n) is 2.74. The molecule has 0 radical (unpaired) electrons. The van der Waals surface area contributed by atoms with Crippen molar-refractivity contribution in [3.05, 3.63) is 35.4 Å². The maximum Gasteiger partial charge on any atom is 0.188 e. The summed E-state index contributed by atoms with van der Waals surface area (Å²) in [5.41, 5.74) is 8.61. The molecule has 0 aliphatic heterocycles. The first kappa shape index (κ1) is 14.9. The van der Waals surface area contributed by atoms with E-state index in [2.05, 4.69) is 48.4 Å². The Kier molecular flexibility index (Phi) is 5.45. The average Bonchev–Trinajstić information content (AvgIpc) is 2.46. The van der Waals surface area contributed by atoms with Crippen LogP contribution in [0.5, 0.6) is 0 Å². The number of benzene rings is 1. The average molecular weight is 273 g/mol. The van der Waals surface area contributed by atoms with E-state index in [-0.39, 0.29) is 0 Å². The molecule has 0 bridgehead atoms. The highest BCUT2D eigenvalue weighted by Crippen LogP contribution is 2.18. The predicted molar refractivity (Wildman–Crippen MR) is 86.1 cm³/mol. The summed E-state index contributed by atoms with van der Waals surface area (Å²) in [5, 5.41) is 3.36. The summed E-state index contributed by atoms with van der Waals surface area (Å²) in [6, 6.07) is 9.20. The summed E-state index contributed by atoms with van der Waals surface area (Å²) in [7, 11) is 0. The smallest absolute Gasteiger partial charge is 0.188 e. The first-order valence-corrected chi connectivity index (χ1v) is 7.78. The molecule has 0 heterocycles. The van der Waals surface area contributed by atoms with Crippen LogP contribution in [0.25, 0.3) is 0 Å². The lowest BCUT2D eigenvalue weighted by Crippen LogP contribution is -2.41. The molecule has 2 rings (SSSR count). The number of guanidine groups is 1. The number of nitrogens with one attached hydrogen (secondary N) is 1. The zero-order valence-corrected chi connectivity index (χ0v) is 12.7. The Morgan fingerprint density at radius 2 is 1.90 bits per heavy atom. The minimum atomic E-state index is 0.405. The van der Waals surface area contributed by atoms with E-state index in [1.165, 1.54) is 43.2 Å². The van der Waals surface area contributed by atoms with Gasteiger partial charge in [-0.2, -0.15) is 0 Å². The first-order valence-electron chi connectivity index (χ1n) is 7.78. The highest BCUT2D eigenvalue weighted by atomic mass is 15.1. The van der Waals surface area contributed by atoms with Crippen LogP contribution in [0.1, 0.15) is 56.1 Å². The largest absolute Gasteiger partial charge is 0.370 e. The molecule has 1 fully saturated rings. The number of nitrogens with two attached hydrogens (primary N) is 1. The number of rotatable bonds is 4. The molecule has 1 unspecified atom stereocenters. The lowest BCUT2D eigenvalue weighted by Gasteiger charge is -2.23. The summed E-state index contributed by atoms with van der Waals surface area (Å²) in [6.45, 7) is 5.05. The van der Waals surface area contributed by atoms with E-state index < -0.39 is 0 Å². The van der Waals surface area contributed by atoms with Crippen molar-refractivity contribution in [2.75, 3.05) is 6.54 Å². The highest BCUT2D eigenvalue weighted by Gasteiger charge is 2.13. The zero-order valence-electron chi connectivity index (χ0n) is 12.7. The zero-order chi connectivity index (χ0) is 14.4. The van der Waals surface area contributed by atoms with Gasteiger partial charge in [0.2, 0.25) is 0 Å². The molecule has 0 spiro atoms. The second kappa shape index (κ2) is 7.32. The van der Waals surface area contributed by atoms with Crippen molar-refractivity contribution in [1.29, 1.82) is 0 Å². The number of aliphatic imine (C=N–C) groups is 1. The summed E-state index contributed by atoms with van der Waals surface area (Å²) in [4.78, 5) is 4.50. The van der Waals surface area contributed by atoms with Gasteiger partial charge in [-0.3, -0.25) is 4.99 Å². The van der Waals surface area contributed by atoms with Gasteiger partial charge >= 0.3 is 0 Å². The van der Waals surface area contributed by atoms with Crippen LogP contribution < -0.4 is 11.1 Å². The Hall–Kier alpha value is -1.51. The van der Waals surface area contributed by atoms with Crippen LogP contribution in [-0.2, 0) is 0 Å². The topological polar surface area (TPSA) is 50.4 Å². The normalized spacial score (nSPS) is 18.8. The molecule has 20 heavy (non-hydrogen) atoms. The maximum absolute atomic E-state index is 5.99. The van der Waals surface area contributed by atoms with Gasteiger partial charge in [0.1, 0.15) is 0 Å². The van der Waals surface area contributed by atoms with Gasteiger partial charge < -0.3 is 11.1 Å². The Morgan fingerprint density at radius 3 is 2.55 bits per heavy atom. The number of hydrogen-bond acceptors (Lipinski definition) is 1. The third kappa shape index (κ3) is 4.55. The SMILES string of the molecule is Cc1ccc(C(C)CN=C(N)NC2CCCCC2)cc1. The van der Waals surface area contributed by atoms with Crippen LogP contribution in [0.3, 0.4) is 0 Å². The molecule has 0 aromatic heterocycles. The number of nitrogens with zero attached hydrogens (tertiary/aromatic N) is 1.